The molecule has 1 atom stereocenters. The lowest BCUT2D eigenvalue weighted by Gasteiger charge is -2.29. The van der Waals surface area contributed by atoms with Crippen molar-refractivity contribution in [2.75, 3.05) is 25.4 Å². The lowest BCUT2D eigenvalue weighted by Crippen LogP contribution is -2.43. The van der Waals surface area contributed by atoms with Crippen molar-refractivity contribution in [2.24, 2.45) is 0 Å². The SMILES string of the molecule is Cc1cc(S(=O)(=O)NC(C)CN2CCCCC2)ccc1N. The molecule has 0 amide bonds. The average molecular weight is 311 g/mol. The number of aryl methyl sites for hydroxylation is 1. The molecule has 1 heterocycles. The van der Waals surface area contributed by atoms with Gasteiger partial charge in [-0.3, -0.25) is 0 Å². The molecule has 5 nitrogen and oxygen atoms in total. The second kappa shape index (κ2) is 6.77. The Bertz CT molecular complexity index is 581. The van der Waals surface area contributed by atoms with Gasteiger partial charge in [0.2, 0.25) is 10.0 Å². The molecule has 1 unspecified atom stereocenters. The summed E-state index contributed by atoms with van der Waals surface area (Å²) >= 11 is 0. The van der Waals surface area contributed by atoms with Crippen LogP contribution in [0.5, 0.6) is 0 Å². The lowest BCUT2D eigenvalue weighted by molar-refractivity contribution is 0.215. The molecule has 3 N–H and O–H groups in total. The summed E-state index contributed by atoms with van der Waals surface area (Å²) in [5, 5.41) is 0. The fraction of sp³-hybridized carbons (Fsp3) is 0.600. The molecule has 6 heteroatoms. The number of nitrogens with zero attached hydrogens (tertiary/aromatic N) is 1. The molecule has 2 rings (SSSR count). The molecule has 118 valence electrons. The summed E-state index contributed by atoms with van der Waals surface area (Å²) in [6, 6.07) is 4.70. The number of rotatable bonds is 5. The first-order valence-electron chi connectivity index (χ1n) is 7.49. The molecule has 1 aliphatic rings. The first-order chi connectivity index (χ1) is 9.88. The van der Waals surface area contributed by atoms with E-state index >= 15 is 0 Å². The van der Waals surface area contributed by atoms with Gasteiger partial charge in [-0.15, -0.1) is 0 Å². The van der Waals surface area contributed by atoms with E-state index in [-0.39, 0.29) is 10.9 Å². The Morgan fingerprint density at radius 3 is 2.57 bits per heavy atom. The number of sulfonamides is 1. The molecule has 0 radical (unpaired) electrons. The van der Waals surface area contributed by atoms with Crippen LogP contribution < -0.4 is 10.5 Å². The molecule has 0 bridgehead atoms. The standard InChI is InChI=1S/C15H25N3O2S/c1-12-10-14(6-7-15(12)16)21(19,20)17-13(2)11-18-8-4-3-5-9-18/h6-7,10,13,17H,3-5,8-9,11,16H2,1-2H3. The summed E-state index contributed by atoms with van der Waals surface area (Å²) in [6.07, 6.45) is 3.69. The van der Waals surface area contributed by atoms with Crippen LogP contribution in [0.3, 0.4) is 0 Å². The van der Waals surface area contributed by atoms with Gasteiger partial charge in [0.05, 0.1) is 4.90 Å². The highest BCUT2D eigenvalue weighted by atomic mass is 32.2. The van der Waals surface area contributed by atoms with Crippen LogP contribution in [0.25, 0.3) is 0 Å². The number of nitrogens with two attached hydrogens (primary N) is 1. The van der Waals surface area contributed by atoms with Gasteiger partial charge in [0.25, 0.3) is 0 Å². The van der Waals surface area contributed by atoms with Gasteiger partial charge in [-0.2, -0.15) is 0 Å². The number of anilines is 1. The maximum absolute atomic E-state index is 12.4. The van der Waals surface area contributed by atoms with E-state index < -0.39 is 10.0 Å². The van der Waals surface area contributed by atoms with Gasteiger partial charge in [-0.05, 0) is 63.5 Å². The number of piperidine rings is 1. The van der Waals surface area contributed by atoms with Crippen molar-refractivity contribution >= 4 is 15.7 Å². The van der Waals surface area contributed by atoms with Crippen LogP contribution in [0, 0.1) is 6.92 Å². The maximum Gasteiger partial charge on any atom is 0.240 e. The fourth-order valence-electron chi connectivity index (χ4n) is 2.71. The second-order valence-electron chi connectivity index (χ2n) is 5.90. The van der Waals surface area contributed by atoms with E-state index in [0.717, 1.165) is 25.2 Å². The van der Waals surface area contributed by atoms with Crippen LogP contribution in [0.2, 0.25) is 0 Å². The molecule has 21 heavy (non-hydrogen) atoms. The third-order valence-corrected chi connectivity index (χ3v) is 5.48. The molecular formula is C15H25N3O2S. The molecule has 0 spiro atoms. The van der Waals surface area contributed by atoms with E-state index in [1.165, 1.54) is 19.3 Å². The van der Waals surface area contributed by atoms with Gasteiger partial charge in [0.15, 0.2) is 0 Å². The van der Waals surface area contributed by atoms with E-state index in [9.17, 15) is 8.42 Å². The predicted octanol–water partition coefficient (Wildman–Crippen LogP) is 1.73. The fourth-order valence-corrected chi connectivity index (χ4v) is 4.03. The van der Waals surface area contributed by atoms with Crippen LogP contribution in [0.1, 0.15) is 31.7 Å². The Hall–Kier alpha value is -1.11. The maximum atomic E-state index is 12.4. The Labute approximate surface area is 127 Å². The Morgan fingerprint density at radius 2 is 1.95 bits per heavy atom. The molecule has 1 saturated heterocycles. The van der Waals surface area contributed by atoms with Crippen LogP contribution >= 0.6 is 0 Å². The Balaban J connectivity index is 2.00. The van der Waals surface area contributed by atoms with Crippen molar-refractivity contribution in [1.82, 2.24) is 9.62 Å². The van der Waals surface area contributed by atoms with Gasteiger partial charge in [-0.1, -0.05) is 6.42 Å². The zero-order valence-corrected chi connectivity index (χ0v) is 13.6. The minimum Gasteiger partial charge on any atom is -0.399 e. The molecule has 1 aromatic rings. The number of nitrogen functional groups attached to an aromatic ring is 1. The van der Waals surface area contributed by atoms with E-state index in [0.29, 0.717) is 5.69 Å². The highest BCUT2D eigenvalue weighted by Crippen LogP contribution is 2.17. The third kappa shape index (κ3) is 4.43. The molecule has 1 aromatic carbocycles. The summed E-state index contributed by atoms with van der Waals surface area (Å²) < 4.78 is 27.5. The Morgan fingerprint density at radius 1 is 1.29 bits per heavy atom. The van der Waals surface area contributed by atoms with E-state index in [1.54, 1.807) is 18.2 Å². The van der Waals surface area contributed by atoms with Crippen molar-refractivity contribution in [2.45, 2.75) is 44.0 Å². The normalized spacial score (nSPS) is 18.6. The van der Waals surface area contributed by atoms with E-state index in [4.69, 9.17) is 5.73 Å². The van der Waals surface area contributed by atoms with Gasteiger partial charge in [-0.25, -0.2) is 13.1 Å². The summed E-state index contributed by atoms with van der Waals surface area (Å²) in [6.45, 7) is 6.61. The highest BCUT2D eigenvalue weighted by Gasteiger charge is 2.20. The second-order valence-corrected chi connectivity index (χ2v) is 7.62. The van der Waals surface area contributed by atoms with Crippen molar-refractivity contribution in [3.63, 3.8) is 0 Å². The predicted molar refractivity (Wildman–Crippen MR) is 85.7 cm³/mol. The van der Waals surface area contributed by atoms with Crippen LogP contribution in [-0.2, 0) is 10.0 Å². The zero-order valence-electron chi connectivity index (χ0n) is 12.8. The van der Waals surface area contributed by atoms with Gasteiger partial charge in [0, 0.05) is 18.3 Å². The van der Waals surface area contributed by atoms with Crippen LogP contribution in [0.4, 0.5) is 5.69 Å². The molecule has 0 aliphatic carbocycles. The number of hydrogen-bond acceptors (Lipinski definition) is 4. The monoisotopic (exact) mass is 311 g/mol. The van der Waals surface area contributed by atoms with Gasteiger partial charge < -0.3 is 10.6 Å². The van der Waals surface area contributed by atoms with E-state index in [2.05, 4.69) is 9.62 Å². The smallest absolute Gasteiger partial charge is 0.240 e. The summed E-state index contributed by atoms with van der Waals surface area (Å²) in [7, 11) is -3.48. The van der Waals surface area contributed by atoms with Crippen LogP contribution in [0.15, 0.2) is 23.1 Å². The van der Waals surface area contributed by atoms with Crippen molar-refractivity contribution < 1.29 is 8.42 Å². The van der Waals surface area contributed by atoms with Gasteiger partial charge >= 0.3 is 0 Å². The topological polar surface area (TPSA) is 75.4 Å². The first-order valence-corrected chi connectivity index (χ1v) is 8.97. The molecule has 0 saturated carbocycles. The van der Waals surface area contributed by atoms with Crippen molar-refractivity contribution in [3.8, 4) is 0 Å². The van der Waals surface area contributed by atoms with Crippen LogP contribution in [-0.4, -0.2) is 39.0 Å². The third-order valence-electron chi connectivity index (χ3n) is 3.89. The zero-order chi connectivity index (χ0) is 15.5. The van der Waals surface area contributed by atoms with Crippen molar-refractivity contribution in [3.05, 3.63) is 23.8 Å². The van der Waals surface area contributed by atoms with E-state index in [1.807, 2.05) is 13.8 Å². The number of hydrogen-bond donors (Lipinski definition) is 2. The quantitative estimate of drug-likeness (QED) is 0.812. The lowest BCUT2D eigenvalue weighted by atomic mass is 10.1. The minimum absolute atomic E-state index is 0.106. The van der Waals surface area contributed by atoms with Gasteiger partial charge in [0.1, 0.15) is 0 Å². The number of nitrogens with one attached hydrogen (secondary N) is 1. The summed E-state index contributed by atoms with van der Waals surface area (Å²) in [5.41, 5.74) is 7.12. The first kappa shape index (κ1) is 16.3. The van der Waals surface area contributed by atoms with Crippen molar-refractivity contribution in [1.29, 1.82) is 0 Å². The largest absolute Gasteiger partial charge is 0.399 e. The molecule has 1 aliphatic heterocycles. The highest BCUT2D eigenvalue weighted by molar-refractivity contribution is 7.89. The minimum atomic E-state index is -3.48. The summed E-state index contributed by atoms with van der Waals surface area (Å²) in [4.78, 5) is 2.60. The average Bonchev–Trinajstić information content (AvgIpc) is 2.42. The summed E-state index contributed by atoms with van der Waals surface area (Å²) in [5.74, 6) is 0. The number of benzene rings is 1. The Kier molecular flexibility index (Phi) is 5.24. The molecule has 0 aromatic heterocycles. The molecular weight excluding hydrogens is 286 g/mol. The molecule has 1 fully saturated rings. The number of likely N-dealkylation sites (tertiary alicyclic amines) is 1.